The average molecular weight is 512 g/mol. The van der Waals surface area contributed by atoms with Gasteiger partial charge in [-0.3, -0.25) is 9.59 Å². The zero-order valence-electron chi connectivity index (χ0n) is 21.9. The Morgan fingerprint density at radius 1 is 0.842 bits per heavy atom. The first-order valence-electron chi connectivity index (χ1n) is 13.8. The summed E-state index contributed by atoms with van der Waals surface area (Å²) in [7, 11) is 0. The monoisotopic (exact) mass is 511 g/mol. The molecular weight excluding hydrogens is 474 g/mol. The van der Waals surface area contributed by atoms with Crippen LogP contribution >= 0.6 is 0 Å². The molecule has 3 aromatic rings. The van der Waals surface area contributed by atoms with E-state index in [0.29, 0.717) is 31.8 Å². The number of hydrogen-bond acceptors (Lipinski definition) is 4. The standard InChI is InChI=1S/C32H37N3O3/c33-19-5-4-8-30-31(36)34-29(20-23-13-17-28(18-14-23)38-22-25-9-10-25)32(37)35(30)21-24-11-15-27(16-12-24)26-6-2-1-3-7-26/h1-3,6-7,11-18,25,29-30H,4-5,8-10,19-22,33H2,(H,34,36). The second-order valence-electron chi connectivity index (χ2n) is 10.5. The normalized spacial score (nSPS) is 19.3. The fourth-order valence-electron chi connectivity index (χ4n) is 5.01. The van der Waals surface area contributed by atoms with Crippen LogP contribution in [0.25, 0.3) is 11.1 Å². The maximum Gasteiger partial charge on any atom is 0.246 e. The predicted octanol–water partition coefficient (Wildman–Crippen LogP) is 4.71. The number of unbranched alkanes of at least 4 members (excludes halogenated alkanes) is 1. The van der Waals surface area contributed by atoms with Gasteiger partial charge in [-0.2, -0.15) is 0 Å². The van der Waals surface area contributed by atoms with E-state index in [0.717, 1.165) is 47.5 Å². The topological polar surface area (TPSA) is 84.7 Å². The summed E-state index contributed by atoms with van der Waals surface area (Å²) in [6.07, 6.45) is 5.20. The number of nitrogens with two attached hydrogens (primary N) is 1. The minimum Gasteiger partial charge on any atom is -0.493 e. The van der Waals surface area contributed by atoms with Gasteiger partial charge in [0.15, 0.2) is 0 Å². The molecule has 6 nitrogen and oxygen atoms in total. The van der Waals surface area contributed by atoms with Gasteiger partial charge >= 0.3 is 0 Å². The number of ether oxygens (including phenoxy) is 1. The summed E-state index contributed by atoms with van der Waals surface area (Å²) in [5, 5.41) is 3.01. The highest BCUT2D eigenvalue weighted by Crippen LogP contribution is 2.30. The van der Waals surface area contributed by atoms with Crippen LogP contribution in [0.1, 0.15) is 43.2 Å². The van der Waals surface area contributed by atoms with E-state index in [-0.39, 0.29) is 11.8 Å². The van der Waals surface area contributed by atoms with Crippen molar-refractivity contribution in [2.75, 3.05) is 13.2 Å². The molecule has 2 aliphatic rings. The Labute approximate surface area is 225 Å². The number of nitrogens with one attached hydrogen (secondary N) is 1. The average Bonchev–Trinajstić information content (AvgIpc) is 3.78. The first-order chi connectivity index (χ1) is 18.6. The van der Waals surface area contributed by atoms with E-state index in [9.17, 15) is 9.59 Å². The van der Waals surface area contributed by atoms with E-state index in [2.05, 4.69) is 41.7 Å². The number of nitrogens with zero attached hydrogens (tertiary/aromatic N) is 1. The first-order valence-corrected chi connectivity index (χ1v) is 13.8. The van der Waals surface area contributed by atoms with Gasteiger partial charge in [-0.05, 0) is 79.0 Å². The molecule has 0 bridgehead atoms. The molecular formula is C32H37N3O3. The van der Waals surface area contributed by atoms with Crippen LogP contribution in [0.2, 0.25) is 0 Å². The minimum absolute atomic E-state index is 0.0384. The third-order valence-corrected chi connectivity index (χ3v) is 7.47. The summed E-state index contributed by atoms with van der Waals surface area (Å²) >= 11 is 0. The molecule has 1 heterocycles. The smallest absolute Gasteiger partial charge is 0.246 e. The lowest BCUT2D eigenvalue weighted by molar-refractivity contribution is -0.150. The molecule has 38 heavy (non-hydrogen) atoms. The van der Waals surface area contributed by atoms with Crippen molar-refractivity contribution in [3.63, 3.8) is 0 Å². The molecule has 6 heteroatoms. The summed E-state index contributed by atoms with van der Waals surface area (Å²) in [6, 6.07) is 25.3. The van der Waals surface area contributed by atoms with Gasteiger partial charge in [0.25, 0.3) is 0 Å². The molecule has 0 radical (unpaired) electrons. The highest BCUT2D eigenvalue weighted by atomic mass is 16.5. The quantitative estimate of drug-likeness (QED) is 0.345. The van der Waals surface area contributed by atoms with Crippen molar-refractivity contribution in [1.29, 1.82) is 0 Å². The van der Waals surface area contributed by atoms with Crippen molar-refractivity contribution in [2.24, 2.45) is 11.7 Å². The minimum atomic E-state index is -0.588. The summed E-state index contributed by atoms with van der Waals surface area (Å²) in [5.74, 6) is 1.42. The van der Waals surface area contributed by atoms with Gasteiger partial charge in [0.05, 0.1) is 6.61 Å². The zero-order chi connectivity index (χ0) is 26.3. The van der Waals surface area contributed by atoms with Crippen molar-refractivity contribution < 1.29 is 14.3 Å². The van der Waals surface area contributed by atoms with Gasteiger partial charge in [-0.15, -0.1) is 0 Å². The van der Waals surface area contributed by atoms with Crippen LogP contribution in [0.3, 0.4) is 0 Å². The third-order valence-electron chi connectivity index (χ3n) is 7.47. The number of benzene rings is 3. The summed E-state index contributed by atoms with van der Waals surface area (Å²) in [6.45, 7) is 1.74. The molecule has 1 saturated heterocycles. The lowest BCUT2D eigenvalue weighted by Crippen LogP contribution is -2.63. The van der Waals surface area contributed by atoms with Crippen LogP contribution in [-0.4, -0.2) is 41.9 Å². The van der Waals surface area contributed by atoms with Gasteiger partial charge in [0, 0.05) is 13.0 Å². The number of piperazine rings is 1. The Hall–Kier alpha value is -3.64. The fourth-order valence-corrected chi connectivity index (χ4v) is 5.01. The Kier molecular flexibility index (Phi) is 8.39. The van der Waals surface area contributed by atoms with Crippen LogP contribution in [0.5, 0.6) is 5.75 Å². The molecule has 1 aliphatic heterocycles. The molecule has 1 saturated carbocycles. The van der Waals surface area contributed by atoms with E-state index in [4.69, 9.17) is 10.5 Å². The van der Waals surface area contributed by atoms with Crippen molar-refractivity contribution in [1.82, 2.24) is 10.2 Å². The number of carbonyl (C=O) groups excluding carboxylic acids is 2. The van der Waals surface area contributed by atoms with Gasteiger partial charge in [-0.25, -0.2) is 0 Å². The fraction of sp³-hybridized carbons (Fsp3) is 0.375. The highest BCUT2D eigenvalue weighted by Gasteiger charge is 2.40. The second kappa shape index (κ2) is 12.3. The number of hydrogen-bond donors (Lipinski definition) is 2. The zero-order valence-corrected chi connectivity index (χ0v) is 21.9. The molecule has 2 fully saturated rings. The van der Waals surface area contributed by atoms with Crippen LogP contribution in [0.15, 0.2) is 78.9 Å². The summed E-state index contributed by atoms with van der Waals surface area (Å²) in [5.41, 5.74) is 9.97. The molecule has 2 unspecified atom stereocenters. The van der Waals surface area contributed by atoms with Crippen molar-refractivity contribution in [2.45, 2.75) is 57.2 Å². The maximum absolute atomic E-state index is 13.7. The maximum atomic E-state index is 13.7. The molecule has 2 atom stereocenters. The lowest BCUT2D eigenvalue weighted by Gasteiger charge is -2.39. The van der Waals surface area contributed by atoms with Crippen LogP contribution in [-0.2, 0) is 22.6 Å². The Morgan fingerprint density at radius 3 is 2.21 bits per heavy atom. The van der Waals surface area contributed by atoms with Crippen molar-refractivity contribution >= 4 is 11.8 Å². The van der Waals surface area contributed by atoms with E-state index in [1.165, 1.54) is 12.8 Å². The number of carbonyl (C=O) groups is 2. The molecule has 2 amide bonds. The molecule has 0 spiro atoms. The van der Waals surface area contributed by atoms with Gasteiger partial charge in [0.1, 0.15) is 17.8 Å². The van der Waals surface area contributed by atoms with Crippen LogP contribution < -0.4 is 15.8 Å². The van der Waals surface area contributed by atoms with Gasteiger partial charge < -0.3 is 20.7 Å². The Balaban J connectivity index is 1.29. The largest absolute Gasteiger partial charge is 0.493 e. The van der Waals surface area contributed by atoms with Gasteiger partial charge in [0.2, 0.25) is 11.8 Å². The van der Waals surface area contributed by atoms with E-state index < -0.39 is 12.1 Å². The SMILES string of the molecule is NCCCCC1C(=O)NC(Cc2ccc(OCC3CC3)cc2)C(=O)N1Cc1ccc(-c2ccccc2)cc1. The van der Waals surface area contributed by atoms with Crippen LogP contribution in [0, 0.1) is 5.92 Å². The van der Waals surface area contributed by atoms with Crippen LogP contribution in [0.4, 0.5) is 0 Å². The Morgan fingerprint density at radius 2 is 1.53 bits per heavy atom. The van der Waals surface area contributed by atoms with E-state index >= 15 is 0 Å². The van der Waals surface area contributed by atoms with Crippen molar-refractivity contribution in [3.8, 4) is 16.9 Å². The Bertz CT molecular complexity index is 1210. The molecule has 198 valence electrons. The lowest BCUT2D eigenvalue weighted by atomic mass is 9.96. The number of rotatable bonds is 12. The molecule has 1 aliphatic carbocycles. The number of amides is 2. The summed E-state index contributed by atoms with van der Waals surface area (Å²) in [4.78, 5) is 28.7. The van der Waals surface area contributed by atoms with E-state index in [1.807, 2.05) is 42.5 Å². The third kappa shape index (κ3) is 6.62. The van der Waals surface area contributed by atoms with Gasteiger partial charge in [-0.1, -0.05) is 66.7 Å². The molecule has 3 N–H and O–H groups in total. The summed E-state index contributed by atoms with van der Waals surface area (Å²) < 4.78 is 5.84. The highest BCUT2D eigenvalue weighted by molar-refractivity contribution is 5.97. The molecule has 5 rings (SSSR count). The molecule has 3 aromatic carbocycles. The van der Waals surface area contributed by atoms with E-state index in [1.54, 1.807) is 4.90 Å². The van der Waals surface area contributed by atoms with Crippen molar-refractivity contribution in [3.05, 3.63) is 90.0 Å². The molecule has 0 aromatic heterocycles. The first kappa shape index (κ1) is 26.0. The second-order valence-corrected chi connectivity index (χ2v) is 10.5. The predicted molar refractivity (Wildman–Crippen MR) is 149 cm³/mol.